The molecule has 0 nitrogen and oxygen atoms in total. The van der Waals surface area contributed by atoms with Crippen LogP contribution < -0.4 is 0 Å². The van der Waals surface area contributed by atoms with Crippen molar-refractivity contribution in [3.8, 4) is 0 Å². The minimum absolute atomic E-state index is 0.811. The molecule has 0 heterocycles. The first-order valence-corrected chi connectivity index (χ1v) is 10.7. The number of hydrogen-bond acceptors (Lipinski definition) is 1. The average molecular weight is 331 g/mol. The van der Waals surface area contributed by atoms with Gasteiger partial charge in [-0.15, -0.1) is 11.8 Å². The molecule has 4 unspecified atom stereocenters. The van der Waals surface area contributed by atoms with Gasteiger partial charge < -0.3 is 0 Å². The third-order valence-corrected chi connectivity index (χ3v) is 8.46. The summed E-state index contributed by atoms with van der Waals surface area (Å²) < 4.78 is 0. The first-order valence-electron chi connectivity index (χ1n) is 9.79. The zero-order valence-corrected chi connectivity index (χ0v) is 16.3. The Morgan fingerprint density at radius 1 is 0.913 bits per heavy atom. The standard InChI is InChI=1S/C22H34S/c1-15-9-8-12-21(17(15)3)23-22-14-20(13-16(2)18(22)4)19-10-6-5-7-11-19/h8-9,12,16,18-20,22H,5-7,10-11,13-14H2,1-4H3. The highest BCUT2D eigenvalue weighted by atomic mass is 32.2. The highest BCUT2D eigenvalue weighted by Crippen LogP contribution is 2.47. The van der Waals surface area contributed by atoms with E-state index < -0.39 is 0 Å². The van der Waals surface area contributed by atoms with Gasteiger partial charge in [0.05, 0.1) is 0 Å². The van der Waals surface area contributed by atoms with Crippen LogP contribution in [0.2, 0.25) is 0 Å². The van der Waals surface area contributed by atoms with E-state index in [1.165, 1.54) is 61.0 Å². The molecule has 0 spiro atoms. The van der Waals surface area contributed by atoms with Crippen LogP contribution in [0.1, 0.15) is 69.9 Å². The van der Waals surface area contributed by atoms with E-state index in [2.05, 4.69) is 57.7 Å². The number of hydrogen-bond donors (Lipinski definition) is 0. The van der Waals surface area contributed by atoms with E-state index in [4.69, 9.17) is 0 Å². The van der Waals surface area contributed by atoms with Crippen LogP contribution in [0.25, 0.3) is 0 Å². The lowest BCUT2D eigenvalue weighted by atomic mass is 9.67. The van der Waals surface area contributed by atoms with E-state index >= 15 is 0 Å². The molecule has 1 heteroatoms. The summed E-state index contributed by atoms with van der Waals surface area (Å²) in [6.07, 6.45) is 10.4. The van der Waals surface area contributed by atoms with Crippen molar-refractivity contribution in [3.05, 3.63) is 29.3 Å². The predicted octanol–water partition coefficient (Wildman–Crippen LogP) is 7.03. The summed E-state index contributed by atoms with van der Waals surface area (Å²) in [4.78, 5) is 1.53. The molecule has 0 radical (unpaired) electrons. The van der Waals surface area contributed by atoms with Gasteiger partial charge in [-0.1, -0.05) is 58.1 Å². The van der Waals surface area contributed by atoms with Crippen LogP contribution in [-0.2, 0) is 0 Å². The van der Waals surface area contributed by atoms with Gasteiger partial charge in [-0.2, -0.15) is 0 Å². The van der Waals surface area contributed by atoms with Crippen molar-refractivity contribution in [3.63, 3.8) is 0 Å². The van der Waals surface area contributed by atoms with Gasteiger partial charge in [-0.25, -0.2) is 0 Å². The fraction of sp³-hybridized carbons (Fsp3) is 0.727. The van der Waals surface area contributed by atoms with Gasteiger partial charge in [0.2, 0.25) is 0 Å². The summed E-state index contributed by atoms with van der Waals surface area (Å²) in [7, 11) is 0. The monoisotopic (exact) mass is 330 g/mol. The van der Waals surface area contributed by atoms with Gasteiger partial charge in [0.1, 0.15) is 0 Å². The lowest BCUT2D eigenvalue weighted by Gasteiger charge is -2.43. The number of benzene rings is 1. The van der Waals surface area contributed by atoms with Crippen molar-refractivity contribution < 1.29 is 0 Å². The second kappa shape index (κ2) is 7.64. The normalized spacial score (nSPS) is 32.9. The van der Waals surface area contributed by atoms with Crippen LogP contribution in [0, 0.1) is 37.5 Å². The summed E-state index contributed by atoms with van der Waals surface area (Å²) in [6.45, 7) is 9.56. The van der Waals surface area contributed by atoms with E-state index in [0.29, 0.717) is 0 Å². The quantitative estimate of drug-likeness (QED) is 0.573. The molecule has 0 amide bonds. The topological polar surface area (TPSA) is 0 Å². The van der Waals surface area contributed by atoms with E-state index in [1.807, 2.05) is 0 Å². The summed E-state index contributed by atoms with van der Waals surface area (Å²) in [5.74, 6) is 3.75. The second-order valence-corrected chi connectivity index (χ2v) is 9.60. The highest BCUT2D eigenvalue weighted by Gasteiger charge is 2.37. The molecule has 3 rings (SSSR count). The molecule has 1 aromatic rings. The zero-order valence-electron chi connectivity index (χ0n) is 15.5. The Bertz CT molecular complexity index is 515. The minimum Gasteiger partial charge on any atom is -0.122 e. The van der Waals surface area contributed by atoms with E-state index in [0.717, 1.165) is 28.9 Å². The van der Waals surface area contributed by atoms with Crippen molar-refractivity contribution in [2.75, 3.05) is 0 Å². The zero-order chi connectivity index (χ0) is 16.4. The molecule has 2 aliphatic rings. The van der Waals surface area contributed by atoms with Crippen molar-refractivity contribution >= 4 is 11.8 Å². The Labute approximate surface area is 147 Å². The molecule has 0 N–H and O–H groups in total. The van der Waals surface area contributed by atoms with Crippen LogP contribution in [0.3, 0.4) is 0 Å². The maximum absolute atomic E-state index is 2.51. The summed E-state index contributed by atoms with van der Waals surface area (Å²) >= 11 is 2.18. The molecule has 1 aromatic carbocycles. The van der Waals surface area contributed by atoms with Gasteiger partial charge >= 0.3 is 0 Å². The van der Waals surface area contributed by atoms with Gasteiger partial charge in [0, 0.05) is 10.1 Å². The van der Waals surface area contributed by atoms with Gasteiger partial charge in [-0.05, 0) is 67.6 Å². The van der Waals surface area contributed by atoms with E-state index in [9.17, 15) is 0 Å². The summed E-state index contributed by atoms with van der Waals surface area (Å²) in [6, 6.07) is 6.83. The molecule has 23 heavy (non-hydrogen) atoms. The van der Waals surface area contributed by atoms with Crippen molar-refractivity contribution in [2.24, 2.45) is 23.7 Å². The Kier molecular flexibility index (Phi) is 5.78. The Morgan fingerprint density at radius 3 is 2.39 bits per heavy atom. The smallest absolute Gasteiger partial charge is 0.0125 e. The molecular weight excluding hydrogens is 296 g/mol. The molecule has 0 bridgehead atoms. The fourth-order valence-corrected chi connectivity index (χ4v) is 6.48. The van der Waals surface area contributed by atoms with Crippen LogP contribution in [0.4, 0.5) is 0 Å². The van der Waals surface area contributed by atoms with Crippen LogP contribution in [-0.4, -0.2) is 5.25 Å². The van der Waals surface area contributed by atoms with Crippen LogP contribution in [0.5, 0.6) is 0 Å². The van der Waals surface area contributed by atoms with Gasteiger partial charge in [0.15, 0.2) is 0 Å². The fourth-order valence-electron chi connectivity index (χ4n) is 4.83. The molecular formula is C22H34S. The van der Waals surface area contributed by atoms with Crippen molar-refractivity contribution in [1.82, 2.24) is 0 Å². The molecule has 4 atom stereocenters. The molecule has 2 saturated carbocycles. The van der Waals surface area contributed by atoms with E-state index in [-0.39, 0.29) is 0 Å². The summed E-state index contributed by atoms with van der Waals surface area (Å²) in [5.41, 5.74) is 2.94. The maximum Gasteiger partial charge on any atom is 0.0125 e. The second-order valence-electron chi connectivity index (χ2n) is 8.32. The predicted molar refractivity (Wildman–Crippen MR) is 103 cm³/mol. The molecule has 0 aromatic heterocycles. The Balaban J connectivity index is 1.72. The SMILES string of the molecule is Cc1cccc(SC2CC(C3CCCCC3)CC(C)C2C)c1C. The highest BCUT2D eigenvalue weighted by molar-refractivity contribution is 8.00. The average Bonchev–Trinajstić information content (AvgIpc) is 2.56. The number of aryl methyl sites for hydroxylation is 1. The lowest BCUT2D eigenvalue weighted by Crippen LogP contribution is -2.35. The summed E-state index contributed by atoms with van der Waals surface area (Å²) in [5, 5.41) is 0.811. The van der Waals surface area contributed by atoms with Crippen molar-refractivity contribution in [2.45, 2.75) is 82.8 Å². The van der Waals surface area contributed by atoms with Gasteiger partial charge in [-0.3, -0.25) is 0 Å². The van der Waals surface area contributed by atoms with Crippen LogP contribution in [0.15, 0.2) is 23.1 Å². The first kappa shape index (κ1) is 17.4. The number of thioether (sulfide) groups is 1. The first-order chi connectivity index (χ1) is 11.1. The Hall–Kier alpha value is -0.430. The Morgan fingerprint density at radius 2 is 1.65 bits per heavy atom. The molecule has 2 aliphatic carbocycles. The molecule has 0 saturated heterocycles. The van der Waals surface area contributed by atoms with Gasteiger partial charge in [0.25, 0.3) is 0 Å². The maximum atomic E-state index is 2.51. The molecule has 128 valence electrons. The van der Waals surface area contributed by atoms with Crippen LogP contribution >= 0.6 is 11.8 Å². The lowest BCUT2D eigenvalue weighted by molar-refractivity contribution is 0.136. The van der Waals surface area contributed by atoms with Crippen molar-refractivity contribution in [1.29, 1.82) is 0 Å². The largest absolute Gasteiger partial charge is 0.122 e. The minimum atomic E-state index is 0.811. The van der Waals surface area contributed by atoms with E-state index in [1.54, 1.807) is 0 Å². The third-order valence-electron chi connectivity index (χ3n) is 6.84. The molecule has 0 aliphatic heterocycles. The molecule has 2 fully saturated rings. The third kappa shape index (κ3) is 3.98. The number of rotatable bonds is 3.